The summed E-state index contributed by atoms with van der Waals surface area (Å²) in [6.07, 6.45) is 2.55. The highest BCUT2D eigenvalue weighted by Gasteiger charge is 2.30. The number of nitrogens with zero attached hydrogens (tertiary/aromatic N) is 2. The molecule has 0 spiro atoms. The molecule has 1 heterocycles. The van der Waals surface area contributed by atoms with Gasteiger partial charge in [0.1, 0.15) is 5.82 Å². The van der Waals surface area contributed by atoms with Crippen molar-refractivity contribution in [1.29, 1.82) is 0 Å². The number of likely N-dealkylation sites (tertiary alicyclic amines) is 1. The Balaban J connectivity index is 1.59. The number of urea groups is 1. The zero-order valence-electron chi connectivity index (χ0n) is 13.3. The van der Waals surface area contributed by atoms with Crippen molar-refractivity contribution in [2.75, 3.05) is 33.7 Å². The number of hydrogen-bond acceptors (Lipinski definition) is 2. The van der Waals surface area contributed by atoms with Gasteiger partial charge in [0.2, 0.25) is 0 Å². The Hall–Kier alpha value is -1.62. The lowest BCUT2D eigenvalue weighted by Gasteiger charge is -2.22. The Kier molecular flexibility index (Phi) is 4.34. The van der Waals surface area contributed by atoms with E-state index in [2.05, 4.69) is 24.3 Å². The number of amides is 2. The largest absolute Gasteiger partial charge is 0.331 e. The van der Waals surface area contributed by atoms with Crippen molar-refractivity contribution in [3.8, 4) is 0 Å². The van der Waals surface area contributed by atoms with Gasteiger partial charge < -0.3 is 15.1 Å². The van der Waals surface area contributed by atoms with Gasteiger partial charge in [-0.25, -0.2) is 9.18 Å². The molecule has 1 aromatic rings. The highest BCUT2D eigenvalue weighted by Crippen LogP contribution is 2.33. The minimum absolute atomic E-state index is 0.0108. The van der Waals surface area contributed by atoms with Crippen molar-refractivity contribution in [2.24, 2.45) is 5.92 Å². The van der Waals surface area contributed by atoms with Crippen LogP contribution in [0, 0.1) is 11.7 Å². The molecule has 1 aromatic carbocycles. The van der Waals surface area contributed by atoms with Gasteiger partial charge in [-0.1, -0.05) is 12.1 Å². The topological polar surface area (TPSA) is 35.6 Å². The molecule has 0 bridgehead atoms. The summed E-state index contributed by atoms with van der Waals surface area (Å²) >= 11 is 0. The minimum Gasteiger partial charge on any atom is -0.331 e. The molecule has 0 radical (unpaired) electrons. The Morgan fingerprint density at radius 3 is 3.00 bits per heavy atom. The maximum atomic E-state index is 13.7. The molecule has 2 aliphatic rings. The zero-order valence-corrected chi connectivity index (χ0v) is 13.3. The van der Waals surface area contributed by atoms with Gasteiger partial charge in [-0.05, 0) is 56.5 Å². The first-order valence-electron chi connectivity index (χ1n) is 8.02. The second kappa shape index (κ2) is 6.24. The number of carbonyl (C=O) groups is 1. The van der Waals surface area contributed by atoms with Crippen molar-refractivity contribution in [1.82, 2.24) is 15.1 Å². The molecule has 2 atom stereocenters. The summed E-state index contributed by atoms with van der Waals surface area (Å²) in [5, 5.41) is 3.08. The fraction of sp³-hybridized carbons (Fsp3) is 0.588. The smallest absolute Gasteiger partial charge is 0.317 e. The number of hydrogen-bond donors (Lipinski definition) is 1. The second-order valence-electron chi connectivity index (χ2n) is 6.71. The van der Waals surface area contributed by atoms with Crippen molar-refractivity contribution in [3.63, 3.8) is 0 Å². The second-order valence-corrected chi connectivity index (χ2v) is 6.71. The van der Waals surface area contributed by atoms with Gasteiger partial charge in [-0.3, -0.25) is 0 Å². The molecule has 1 saturated heterocycles. The van der Waals surface area contributed by atoms with Crippen LogP contribution in [0.5, 0.6) is 0 Å². The Morgan fingerprint density at radius 2 is 2.23 bits per heavy atom. The van der Waals surface area contributed by atoms with Gasteiger partial charge in [0.05, 0.1) is 6.04 Å². The van der Waals surface area contributed by atoms with E-state index in [0.29, 0.717) is 12.3 Å². The molecule has 0 aromatic heterocycles. The molecule has 1 aliphatic heterocycles. The maximum Gasteiger partial charge on any atom is 0.317 e. The first kappa shape index (κ1) is 15.3. The van der Waals surface area contributed by atoms with Crippen LogP contribution in [0.15, 0.2) is 18.2 Å². The number of nitrogens with one attached hydrogen (secondary N) is 1. The average molecular weight is 305 g/mol. The van der Waals surface area contributed by atoms with Crippen LogP contribution in [0.2, 0.25) is 0 Å². The van der Waals surface area contributed by atoms with Gasteiger partial charge in [0, 0.05) is 19.6 Å². The molecule has 22 heavy (non-hydrogen) atoms. The van der Waals surface area contributed by atoms with Crippen LogP contribution < -0.4 is 5.32 Å². The standard InChI is InChI=1S/C17H24FN3O/c1-20(2)10-12-8-9-21(11-12)17(22)19-16-7-6-13-14(16)4-3-5-15(13)18/h3-5,12,16H,6-11H2,1-2H3,(H,19,22). The number of carbonyl (C=O) groups excluding carboxylic acids is 1. The summed E-state index contributed by atoms with van der Waals surface area (Å²) < 4.78 is 13.7. The first-order valence-corrected chi connectivity index (χ1v) is 8.02. The lowest BCUT2D eigenvalue weighted by atomic mass is 10.1. The van der Waals surface area contributed by atoms with E-state index in [0.717, 1.165) is 43.6 Å². The SMILES string of the molecule is CN(C)CC1CCN(C(=O)NC2CCc3c(F)cccc32)C1. The summed E-state index contributed by atoms with van der Waals surface area (Å²) in [6, 6.07) is 5.08. The van der Waals surface area contributed by atoms with E-state index < -0.39 is 0 Å². The zero-order chi connectivity index (χ0) is 15.7. The fourth-order valence-electron chi connectivity index (χ4n) is 3.68. The molecular weight excluding hydrogens is 281 g/mol. The average Bonchev–Trinajstić information content (AvgIpc) is 3.07. The van der Waals surface area contributed by atoms with Gasteiger partial charge >= 0.3 is 6.03 Å². The minimum atomic E-state index is -0.151. The first-order chi connectivity index (χ1) is 10.5. The monoisotopic (exact) mass is 305 g/mol. The molecule has 2 amide bonds. The number of benzene rings is 1. The normalized spacial score (nSPS) is 23.9. The highest BCUT2D eigenvalue weighted by molar-refractivity contribution is 5.75. The van der Waals surface area contributed by atoms with Crippen molar-refractivity contribution < 1.29 is 9.18 Å². The Labute approximate surface area is 131 Å². The van der Waals surface area contributed by atoms with E-state index in [1.807, 2.05) is 11.0 Å². The van der Waals surface area contributed by atoms with E-state index in [1.165, 1.54) is 6.07 Å². The van der Waals surface area contributed by atoms with Crippen LogP contribution in [0.1, 0.15) is 30.0 Å². The van der Waals surface area contributed by atoms with Gasteiger partial charge in [-0.15, -0.1) is 0 Å². The summed E-state index contributed by atoms with van der Waals surface area (Å²) in [4.78, 5) is 16.5. The van der Waals surface area contributed by atoms with Crippen molar-refractivity contribution in [2.45, 2.75) is 25.3 Å². The molecule has 3 rings (SSSR count). The molecular formula is C17H24FN3O. The maximum absolute atomic E-state index is 13.7. The summed E-state index contributed by atoms with van der Waals surface area (Å²) in [7, 11) is 4.12. The number of halogens is 1. The molecule has 4 nitrogen and oxygen atoms in total. The molecule has 1 N–H and O–H groups in total. The van der Waals surface area contributed by atoms with E-state index >= 15 is 0 Å². The fourth-order valence-corrected chi connectivity index (χ4v) is 3.68. The van der Waals surface area contributed by atoms with Crippen LogP contribution in [0.25, 0.3) is 0 Å². The van der Waals surface area contributed by atoms with Gasteiger partial charge in [0.25, 0.3) is 0 Å². The van der Waals surface area contributed by atoms with E-state index in [4.69, 9.17) is 0 Å². The van der Waals surface area contributed by atoms with Crippen LogP contribution in [0.4, 0.5) is 9.18 Å². The third-order valence-electron chi connectivity index (χ3n) is 4.71. The third-order valence-corrected chi connectivity index (χ3v) is 4.71. The lowest BCUT2D eigenvalue weighted by molar-refractivity contribution is 0.201. The quantitative estimate of drug-likeness (QED) is 0.931. The number of rotatable bonds is 3. The molecule has 1 aliphatic carbocycles. The molecule has 120 valence electrons. The van der Waals surface area contributed by atoms with E-state index in [1.54, 1.807) is 6.07 Å². The van der Waals surface area contributed by atoms with Crippen molar-refractivity contribution >= 4 is 6.03 Å². The predicted octanol–water partition coefficient (Wildman–Crippen LogP) is 2.41. The number of fused-ring (bicyclic) bond motifs is 1. The Morgan fingerprint density at radius 1 is 1.41 bits per heavy atom. The van der Waals surface area contributed by atoms with Crippen LogP contribution in [-0.2, 0) is 6.42 Å². The van der Waals surface area contributed by atoms with Crippen molar-refractivity contribution in [3.05, 3.63) is 35.1 Å². The van der Waals surface area contributed by atoms with E-state index in [-0.39, 0.29) is 17.9 Å². The molecule has 2 unspecified atom stereocenters. The summed E-state index contributed by atoms with van der Waals surface area (Å²) in [5.74, 6) is 0.399. The van der Waals surface area contributed by atoms with Gasteiger partial charge in [-0.2, -0.15) is 0 Å². The molecule has 1 fully saturated rings. The predicted molar refractivity (Wildman–Crippen MR) is 84.2 cm³/mol. The highest BCUT2D eigenvalue weighted by atomic mass is 19.1. The van der Waals surface area contributed by atoms with Crippen LogP contribution in [-0.4, -0.2) is 49.6 Å². The molecule has 0 saturated carbocycles. The molecule has 5 heteroatoms. The van der Waals surface area contributed by atoms with Crippen LogP contribution in [0.3, 0.4) is 0 Å². The summed E-state index contributed by atoms with van der Waals surface area (Å²) in [6.45, 7) is 2.64. The third kappa shape index (κ3) is 3.09. The summed E-state index contributed by atoms with van der Waals surface area (Å²) in [5.41, 5.74) is 1.71. The van der Waals surface area contributed by atoms with E-state index in [9.17, 15) is 9.18 Å². The van der Waals surface area contributed by atoms with Crippen LogP contribution >= 0.6 is 0 Å². The Bertz CT molecular complexity index is 561. The van der Waals surface area contributed by atoms with Gasteiger partial charge in [0.15, 0.2) is 0 Å². The lowest BCUT2D eigenvalue weighted by Crippen LogP contribution is -2.40.